The average Bonchev–Trinajstić information content (AvgIpc) is 3.13. The molecule has 0 radical (unpaired) electrons. The molecule has 1 aromatic heterocycles. The predicted molar refractivity (Wildman–Crippen MR) is 129 cm³/mol. The molecular weight excluding hydrogens is 469 g/mol. The number of aromatic nitrogens is 1. The van der Waals surface area contributed by atoms with Gasteiger partial charge in [0.05, 0.1) is 0 Å². The highest BCUT2D eigenvalue weighted by atomic mass is 127. The standard InChI is InChI=1S/C25H30IN3/c26-19-9-10-23-22(17-19)21-7-4-8-24(25(21)28-23)27-20-12-15-29(16-13-20)14-11-18-5-2-1-3-6-18/h1-3,5-6,9-10,17,20,24,27-28H,4,7-8,11-16H2. The van der Waals surface area contributed by atoms with Crippen LogP contribution >= 0.6 is 22.6 Å². The van der Waals surface area contributed by atoms with E-state index >= 15 is 0 Å². The van der Waals surface area contributed by atoms with Gasteiger partial charge in [-0.05, 0) is 104 Å². The van der Waals surface area contributed by atoms with E-state index in [-0.39, 0.29) is 0 Å². The Balaban J connectivity index is 1.19. The first-order valence-corrected chi connectivity index (χ1v) is 12.2. The molecule has 2 aromatic carbocycles. The second-order valence-corrected chi connectivity index (χ2v) is 9.92. The van der Waals surface area contributed by atoms with Crippen molar-refractivity contribution in [2.75, 3.05) is 19.6 Å². The Hall–Kier alpha value is -1.37. The second-order valence-electron chi connectivity index (χ2n) is 8.67. The number of likely N-dealkylation sites (tertiary alicyclic amines) is 1. The zero-order valence-corrected chi connectivity index (χ0v) is 19.1. The van der Waals surface area contributed by atoms with Gasteiger partial charge in [-0.3, -0.25) is 0 Å². The van der Waals surface area contributed by atoms with Crippen molar-refractivity contribution in [1.82, 2.24) is 15.2 Å². The van der Waals surface area contributed by atoms with E-state index in [1.165, 1.54) is 83.9 Å². The fourth-order valence-corrected chi connectivity index (χ4v) is 5.63. The summed E-state index contributed by atoms with van der Waals surface area (Å²) in [5, 5.41) is 5.46. The van der Waals surface area contributed by atoms with Gasteiger partial charge in [-0.2, -0.15) is 0 Å². The van der Waals surface area contributed by atoms with Gasteiger partial charge < -0.3 is 15.2 Å². The lowest BCUT2D eigenvalue weighted by molar-refractivity contribution is 0.189. The van der Waals surface area contributed by atoms with Crippen molar-refractivity contribution in [2.45, 2.75) is 50.6 Å². The molecular formula is C25H30IN3. The maximum atomic E-state index is 4.02. The van der Waals surface area contributed by atoms with Crippen molar-refractivity contribution in [3.8, 4) is 0 Å². The van der Waals surface area contributed by atoms with Crippen LogP contribution in [0.3, 0.4) is 0 Å². The summed E-state index contributed by atoms with van der Waals surface area (Å²) in [5.41, 5.74) is 5.78. The van der Waals surface area contributed by atoms with Gasteiger partial charge in [0.1, 0.15) is 0 Å². The van der Waals surface area contributed by atoms with Crippen LogP contribution in [0.4, 0.5) is 0 Å². The van der Waals surface area contributed by atoms with Crippen LogP contribution in [-0.4, -0.2) is 35.6 Å². The summed E-state index contributed by atoms with van der Waals surface area (Å²) in [6, 6.07) is 18.8. The first kappa shape index (κ1) is 19.6. The molecule has 29 heavy (non-hydrogen) atoms. The van der Waals surface area contributed by atoms with Crippen LogP contribution in [0.2, 0.25) is 0 Å². The minimum absolute atomic E-state index is 0.490. The SMILES string of the molecule is Ic1ccc2[nH]c3c(c2c1)CCCC3NC1CCN(CCc2ccccc2)CC1. The third kappa shape index (κ3) is 4.39. The van der Waals surface area contributed by atoms with Gasteiger partial charge in [-0.25, -0.2) is 0 Å². The summed E-state index contributed by atoms with van der Waals surface area (Å²) in [4.78, 5) is 6.40. The van der Waals surface area contributed by atoms with E-state index in [9.17, 15) is 0 Å². The van der Waals surface area contributed by atoms with Crippen molar-refractivity contribution in [3.05, 3.63) is 68.9 Å². The lowest BCUT2D eigenvalue weighted by Gasteiger charge is -2.35. The third-order valence-electron chi connectivity index (χ3n) is 6.75. The lowest BCUT2D eigenvalue weighted by Crippen LogP contribution is -2.44. The van der Waals surface area contributed by atoms with Gasteiger partial charge in [0.25, 0.3) is 0 Å². The average molecular weight is 499 g/mol. The normalized spacial score (nSPS) is 20.8. The molecule has 1 saturated heterocycles. The Bertz CT molecular complexity index is 957. The molecule has 0 saturated carbocycles. The summed E-state index contributed by atoms with van der Waals surface area (Å²) >= 11 is 2.43. The zero-order chi connectivity index (χ0) is 19.6. The van der Waals surface area contributed by atoms with E-state index in [4.69, 9.17) is 0 Å². The van der Waals surface area contributed by atoms with Crippen LogP contribution < -0.4 is 5.32 Å². The number of aryl methyl sites for hydroxylation is 1. The van der Waals surface area contributed by atoms with Gasteiger partial charge in [0, 0.05) is 38.8 Å². The summed E-state index contributed by atoms with van der Waals surface area (Å²) < 4.78 is 1.33. The molecule has 2 N–H and O–H groups in total. The molecule has 1 fully saturated rings. The van der Waals surface area contributed by atoms with Gasteiger partial charge in [-0.1, -0.05) is 30.3 Å². The van der Waals surface area contributed by atoms with Crippen LogP contribution in [0, 0.1) is 3.57 Å². The molecule has 3 aromatic rings. The number of nitrogens with one attached hydrogen (secondary N) is 2. The first-order chi connectivity index (χ1) is 14.3. The van der Waals surface area contributed by atoms with E-state index < -0.39 is 0 Å². The Morgan fingerprint density at radius 1 is 1.03 bits per heavy atom. The molecule has 1 atom stereocenters. The molecule has 1 unspecified atom stereocenters. The molecule has 3 nitrogen and oxygen atoms in total. The van der Waals surface area contributed by atoms with Crippen LogP contribution in [0.1, 0.15) is 48.5 Å². The quantitative estimate of drug-likeness (QED) is 0.458. The molecule has 2 heterocycles. The molecule has 5 rings (SSSR count). The Labute approximate surface area is 187 Å². The number of piperidine rings is 1. The van der Waals surface area contributed by atoms with Crippen molar-refractivity contribution in [3.63, 3.8) is 0 Å². The number of fused-ring (bicyclic) bond motifs is 3. The summed E-state index contributed by atoms with van der Waals surface area (Å²) in [7, 11) is 0. The lowest BCUT2D eigenvalue weighted by atomic mass is 9.90. The van der Waals surface area contributed by atoms with E-state index in [1.54, 1.807) is 5.56 Å². The fourth-order valence-electron chi connectivity index (χ4n) is 5.14. The third-order valence-corrected chi connectivity index (χ3v) is 7.42. The first-order valence-electron chi connectivity index (χ1n) is 11.1. The number of rotatable bonds is 5. The number of H-pyrrole nitrogens is 1. The molecule has 0 amide bonds. The Kier molecular flexibility index (Phi) is 5.93. The summed E-state index contributed by atoms with van der Waals surface area (Å²) in [5.74, 6) is 0. The van der Waals surface area contributed by atoms with Crippen molar-refractivity contribution >= 4 is 33.5 Å². The van der Waals surface area contributed by atoms with Gasteiger partial charge in [-0.15, -0.1) is 0 Å². The van der Waals surface area contributed by atoms with Gasteiger partial charge >= 0.3 is 0 Å². The van der Waals surface area contributed by atoms with Crippen molar-refractivity contribution < 1.29 is 0 Å². The largest absolute Gasteiger partial charge is 0.357 e. The molecule has 152 valence electrons. The van der Waals surface area contributed by atoms with Crippen LogP contribution in [0.15, 0.2) is 48.5 Å². The maximum Gasteiger partial charge on any atom is 0.0478 e. The molecule has 0 spiro atoms. The predicted octanol–water partition coefficient (Wildman–Crippen LogP) is 5.45. The van der Waals surface area contributed by atoms with Crippen LogP contribution in [0.25, 0.3) is 10.9 Å². The number of benzene rings is 2. The fraction of sp³-hybridized carbons (Fsp3) is 0.440. The molecule has 1 aliphatic heterocycles. The van der Waals surface area contributed by atoms with E-state index in [0.717, 1.165) is 0 Å². The molecule has 4 heteroatoms. The number of halogens is 1. The van der Waals surface area contributed by atoms with Gasteiger partial charge in [0.15, 0.2) is 0 Å². The van der Waals surface area contributed by atoms with Crippen molar-refractivity contribution in [2.24, 2.45) is 0 Å². The maximum absolute atomic E-state index is 4.02. The zero-order valence-electron chi connectivity index (χ0n) is 17.0. The Morgan fingerprint density at radius 2 is 1.86 bits per heavy atom. The highest BCUT2D eigenvalue weighted by molar-refractivity contribution is 14.1. The van der Waals surface area contributed by atoms with Gasteiger partial charge in [0.2, 0.25) is 0 Å². The monoisotopic (exact) mass is 499 g/mol. The highest BCUT2D eigenvalue weighted by Gasteiger charge is 2.28. The highest BCUT2D eigenvalue weighted by Crippen LogP contribution is 2.36. The number of hydrogen-bond acceptors (Lipinski definition) is 2. The van der Waals surface area contributed by atoms with Crippen LogP contribution in [0.5, 0.6) is 0 Å². The molecule has 0 bridgehead atoms. The number of nitrogens with zero attached hydrogens (tertiary/aromatic N) is 1. The van der Waals surface area contributed by atoms with E-state index in [0.29, 0.717) is 12.1 Å². The van der Waals surface area contributed by atoms with E-state index in [2.05, 4.69) is 86.3 Å². The van der Waals surface area contributed by atoms with Crippen molar-refractivity contribution in [1.29, 1.82) is 0 Å². The molecule has 1 aliphatic carbocycles. The molecule has 2 aliphatic rings. The minimum atomic E-state index is 0.490. The van der Waals surface area contributed by atoms with E-state index in [1.807, 2.05) is 0 Å². The number of aromatic amines is 1. The minimum Gasteiger partial charge on any atom is -0.357 e. The van der Waals surface area contributed by atoms with Crippen LogP contribution in [-0.2, 0) is 12.8 Å². The Morgan fingerprint density at radius 3 is 2.69 bits per heavy atom. The summed E-state index contributed by atoms with van der Waals surface area (Å²) in [6.07, 6.45) is 7.45. The topological polar surface area (TPSA) is 31.1 Å². The number of hydrogen-bond donors (Lipinski definition) is 2. The smallest absolute Gasteiger partial charge is 0.0478 e. The second kappa shape index (κ2) is 8.78. The summed E-state index contributed by atoms with van der Waals surface area (Å²) in [6.45, 7) is 3.62.